The van der Waals surface area contributed by atoms with E-state index in [-0.39, 0.29) is 0 Å². The number of rotatable bonds is 6. The number of urea groups is 1. The monoisotopic (exact) mass is 402 g/mol. The predicted molar refractivity (Wildman–Crippen MR) is 105 cm³/mol. The largest absolute Gasteiger partial charge is 0.435 e. The van der Waals surface area contributed by atoms with Crippen LogP contribution < -0.4 is 11.1 Å². The summed E-state index contributed by atoms with van der Waals surface area (Å²) in [6, 6.07) is 14.9. The number of primary amides is 1. The van der Waals surface area contributed by atoms with Crippen LogP contribution in [0.1, 0.15) is 23.2 Å². The molecule has 0 saturated heterocycles. The fourth-order valence-electron chi connectivity index (χ4n) is 2.95. The van der Waals surface area contributed by atoms with Crippen molar-refractivity contribution >= 4 is 6.03 Å². The Kier molecular flexibility index (Phi) is 5.91. The van der Waals surface area contributed by atoms with Gasteiger partial charge in [0.05, 0.1) is 11.4 Å². The van der Waals surface area contributed by atoms with Crippen LogP contribution in [-0.4, -0.2) is 22.4 Å². The highest BCUT2D eigenvalue weighted by atomic mass is 19.4. The van der Waals surface area contributed by atoms with E-state index >= 15 is 0 Å². The molecule has 0 aliphatic heterocycles. The van der Waals surface area contributed by atoms with Crippen molar-refractivity contribution in [1.82, 2.24) is 15.1 Å². The van der Waals surface area contributed by atoms with Crippen LogP contribution in [0.15, 0.2) is 54.6 Å². The Balaban J connectivity index is 1.88. The van der Waals surface area contributed by atoms with Gasteiger partial charge in [0.25, 0.3) is 0 Å². The first-order valence-electron chi connectivity index (χ1n) is 9.11. The molecule has 1 heterocycles. The topological polar surface area (TPSA) is 72.9 Å². The zero-order chi connectivity index (χ0) is 21.0. The maximum atomic E-state index is 13.3. The van der Waals surface area contributed by atoms with E-state index in [0.717, 1.165) is 17.2 Å². The number of carbonyl (C=O) groups excluding carboxylic acids is 1. The first-order chi connectivity index (χ1) is 13.7. The number of nitrogens with one attached hydrogen (secondary N) is 1. The van der Waals surface area contributed by atoms with Gasteiger partial charge in [-0.2, -0.15) is 18.3 Å². The van der Waals surface area contributed by atoms with Crippen LogP contribution in [0, 0.1) is 6.92 Å². The minimum Gasteiger partial charge on any atom is -0.352 e. The van der Waals surface area contributed by atoms with Crippen molar-refractivity contribution in [2.24, 2.45) is 5.73 Å². The van der Waals surface area contributed by atoms with E-state index < -0.39 is 17.9 Å². The summed E-state index contributed by atoms with van der Waals surface area (Å²) < 4.78 is 41.1. The van der Waals surface area contributed by atoms with Crippen molar-refractivity contribution in [3.63, 3.8) is 0 Å². The van der Waals surface area contributed by atoms with E-state index in [2.05, 4.69) is 10.4 Å². The average Bonchev–Trinajstić information content (AvgIpc) is 3.12. The van der Waals surface area contributed by atoms with Crippen LogP contribution in [0.2, 0.25) is 0 Å². The number of aryl methyl sites for hydroxylation is 2. The minimum absolute atomic E-state index is 0.364. The molecule has 0 radical (unpaired) electrons. The molecule has 3 aromatic rings. The van der Waals surface area contributed by atoms with Crippen molar-refractivity contribution in [1.29, 1.82) is 0 Å². The number of nitrogens with zero attached hydrogens (tertiary/aromatic N) is 2. The molecule has 0 atom stereocenters. The number of hydrogen-bond acceptors (Lipinski definition) is 2. The summed E-state index contributed by atoms with van der Waals surface area (Å²) in [4.78, 5) is 10.7. The molecule has 0 fully saturated rings. The quantitative estimate of drug-likeness (QED) is 0.597. The second-order valence-corrected chi connectivity index (χ2v) is 6.75. The Bertz CT molecular complexity index is 977. The molecule has 1 aromatic heterocycles. The normalized spacial score (nSPS) is 11.4. The summed E-state index contributed by atoms with van der Waals surface area (Å²) in [7, 11) is 0. The highest BCUT2D eigenvalue weighted by molar-refractivity contribution is 5.71. The zero-order valence-corrected chi connectivity index (χ0v) is 15.8. The Hall–Kier alpha value is -3.29. The van der Waals surface area contributed by atoms with Crippen LogP contribution in [-0.2, 0) is 12.6 Å². The zero-order valence-electron chi connectivity index (χ0n) is 15.8. The van der Waals surface area contributed by atoms with Gasteiger partial charge in [-0.05, 0) is 43.5 Å². The molecule has 0 aliphatic rings. The summed E-state index contributed by atoms with van der Waals surface area (Å²) >= 11 is 0. The van der Waals surface area contributed by atoms with Crippen LogP contribution in [0.3, 0.4) is 0 Å². The third kappa shape index (κ3) is 5.16. The number of aromatic nitrogens is 2. The van der Waals surface area contributed by atoms with E-state index in [0.29, 0.717) is 36.3 Å². The fourth-order valence-corrected chi connectivity index (χ4v) is 2.95. The highest BCUT2D eigenvalue weighted by Gasteiger charge is 2.35. The summed E-state index contributed by atoms with van der Waals surface area (Å²) in [6.07, 6.45) is -3.11. The lowest BCUT2D eigenvalue weighted by Crippen LogP contribution is -2.30. The molecule has 3 rings (SSSR count). The number of amides is 2. The first-order valence-corrected chi connectivity index (χ1v) is 9.11. The summed E-state index contributed by atoms with van der Waals surface area (Å²) in [5.41, 5.74) is 7.66. The Morgan fingerprint density at radius 3 is 2.34 bits per heavy atom. The van der Waals surface area contributed by atoms with E-state index in [4.69, 9.17) is 5.73 Å². The van der Waals surface area contributed by atoms with Crippen molar-refractivity contribution in [3.05, 3.63) is 71.4 Å². The van der Waals surface area contributed by atoms with E-state index in [1.54, 1.807) is 24.3 Å². The summed E-state index contributed by atoms with van der Waals surface area (Å²) in [5, 5.41) is 6.32. The van der Waals surface area contributed by atoms with Crippen LogP contribution in [0.25, 0.3) is 16.9 Å². The third-order valence-electron chi connectivity index (χ3n) is 4.47. The second kappa shape index (κ2) is 8.38. The molecule has 8 heteroatoms. The van der Waals surface area contributed by atoms with Crippen LogP contribution >= 0.6 is 0 Å². The number of nitrogens with two attached hydrogens (primary N) is 1. The lowest BCUT2D eigenvalue weighted by atomic mass is 10.0. The standard InChI is InChI=1S/C21H21F3N4O/c1-14-4-10-17(11-5-14)28-18(13-19(27-28)21(22,23)24)16-8-6-15(7-9-16)3-2-12-26-20(25)29/h4-11,13H,2-3,12H2,1H3,(H3,25,26,29). The van der Waals surface area contributed by atoms with Crippen molar-refractivity contribution < 1.29 is 18.0 Å². The summed E-state index contributed by atoms with van der Waals surface area (Å²) in [6.45, 7) is 2.37. The maximum absolute atomic E-state index is 13.3. The lowest BCUT2D eigenvalue weighted by molar-refractivity contribution is -0.141. The van der Waals surface area contributed by atoms with Gasteiger partial charge >= 0.3 is 12.2 Å². The molecule has 5 nitrogen and oxygen atoms in total. The van der Waals surface area contributed by atoms with Gasteiger partial charge in [-0.3, -0.25) is 0 Å². The molecule has 0 aliphatic carbocycles. The average molecular weight is 402 g/mol. The minimum atomic E-state index is -4.53. The van der Waals surface area contributed by atoms with E-state index in [1.807, 2.05) is 31.2 Å². The second-order valence-electron chi connectivity index (χ2n) is 6.75. The molecule has 0 spiro atoms. The van der Waals surface area contributed by atoms with Crippen molar-refractivity contribution in [3.8, 4) is 16.9 Å². The van der Waals surface area contributed by atoms with Gasteiger partial charge in [0.1, 0.15) is 0 Å². The van der Waals surface area contributed by atoms with Gasteiger partial charge in [-0.25, -0.2) is 9.48 Å². The van der Waals surface area contributed by atoms with Gasteiger partial charge in [0.15, 0.2) is 5.69 Å². The predicted octanol–water partition coefficient (Wildman–Crippen LogP) is 4.47. The Morgan fingerprint density at radius 2 is 1.76 bits per heavy atom. The SMILES string of the molecule is Cc1ccc(-n2nc(C(F)(F)F)cc2-c2ccc(CCCNC(N)=O)cc2)cc1. The molecule has 29 heavy (non-hydrogen) atoms. The van der Waals surface area contributed by atoms with Crippen LogP contribution in [0.4, 0.5) is 18.0 Å². The first kappa shape index (κ1) is 20.4. The van der Waals surface area contributed by atoms with Gasteiger partial charge in [-0.15, -0.1) is 0 Å². The molecule has 152 valence electrons. The molecule has 2 aromatic carbocycles. The van der Waals surface area contributed by atoms with Gasteiger partial charge in [0, 0.05) is 12.1 Å². The third-order valence-corrected chi connectivity index (χ3v) is 4.47. The fraction of sp³-hybridized carbons (Fsp3) is 0.238. The Labute approximate surface area is 166 Å². The van der Waals surface area contributed by atoms with Crippen LogP contribution in [0.5, 0.6) is 0 Å². The highest BCUT2D eigenvalue weighted by Crippen LogP contribution is 2.33. The van der Waals surface area contributed by atoms with Crippen molar-refractivity contribution in [2.45, 2.75) is 25.9 Å². The van der Waals surface area contributed by atoms with Crippen molar-refractivity contribution in [2.75, 3.05) is 6.54 Å². The van der Waals surface area contributed by atoms with Gasteiger partial charge in [-0.1, -0.05) is 42.0 Å². The molecule has 0 saturated carbocycles. The summed E-state index contributed by atoms with van der Waals surface area (Å²) in [5.74, 6) is 0. The lowest BCUT2D eigenvalue weighted by Gasteiger charge is -2.09. The number of benzene rings is 2. The molecule has 0 unspecified atom stereocenters. The molecule has 2 amide bonds. The number of halogens is 3. The molecule has 3 N–H and O–H groups in total. The molecular formula is C21H21F3N4O. The maximum Gasteiger partial charge on any atom is 0.435 e. The number of alkyl halides is 3. The number of hydrogen-bond donors (Lipinski definition) is 2. The molecule has 0 bridgehead atoms. The van der Waals surface area contributed by atoms with E-state index in [1.165, 1.54) is 4.68 Å². The smallest absolute Gasteiger partial charge is 0.352 e. The van der Waals surface area contributed by atoms with E-state index in [9.17, 15) is 18.0 Å². The molecular weight excluding hydrogens is 381 g/mol. The number of carbonyl (C=O) groups is 1. The van der Waals surface area contributed by atoms with Gasteiger partial charge in [0.2, 0.25) is 0 Å². The Morgan fingerprint density at radius 1 is 1.10 bits per heavy atom. The van der Waals surface area contributed by atoms with Gasteiger partial charge < -0.3 is 11.1 Å².